The summed E-state index contributed by atoms with van der Waals surface area (Å²) < 4.78 is 4.68. The topological polar surface area (TPSA) is 58.6 Å². The molecule has 122 valence electrons. The third-order valence-corrected chi connectivity index (χ3v) is 4.54. The monoisotopic (exact) mass is 298 g/mol. The van der Waals surface area contributed by atoms with E-state index in [1.54, 1.807) is 0 Å². The van der Waals surface area contributed by atoms with Gasteiger partial charge in [-0.15, -0.1) is 0 Å². The maximum Gasteiger partial charge on any atom is 0.319 e. The predicted molar refractivity (Wildman–Crippen MR) is 82.9 cm³/mol. The van der Waals surface area contributed by atoms with Crippen molar-refractivity contribution < 1.29 is 14.3 Å². The van der Waals surface area contributed by atoms with E-state index in [1.807, 2.05) is 11.8 Å². The summed E-state index contributed by atoms with van der Waals surface area (Å²) in [5.41, 5.74) is 0. The Morgan fingerprint density at radius 1 is 1.24 bits per heavy atom. The minimum absolute atomic E-state index is 0.0123. The van der Waals surface area contributed by atoms with E-state index >= 15 is 0 Å². The van der Waals surface area contributed by atoms with Crippen LogP contribution in [0.25, 0.3) is 0 Å². The summed E-state index contributed by atoms with van der Waals surface area (Å²) in [6.45, 7) is 7.66. The molecule has 0 aromatic heterocycles. The fourth-order valence-corrected chi connectivity index (χ4v) is 3.02. The van der Waals surface area contributed by atoms with Crippen molar-refractivity contribution in [2.45, 2.75) is 52.5 Å². The fourth-order valence-electron chi connectivity index (χ4n) is 3.02. The molecule has 0 aromatic carbocycles. The number of methoxy groups -OCH3 is 1. The molecule has 1 aliphatic carbocycles. The SMILES string of the molecule is CCCN(CC(=O)NC1CCCC(C)C1C)CC(=O)OC. The molecule has 0 bridgehead atoms. The first-order chi connectivity index (χ1) is 9.97. The summed E-state index contributed by atoms with van der Waals surface area (Å²) in [5.74, 6) is 0.892. The highest BCUT2D eigenvalue weighted by molar-refractivity contribution is 5.79. The number of carbonyl (C=O) groups is 2. The molecule has 1 N–H and O–H groups in total. The quantitative estimate of drug-likeness (QED) is 0.728. The lowest BCUT2D eigenvalue weighted by molar-refractivity contribution is -0.142. The van der Waals surface area contributed by atoms with Crippen LogP contribution < -0.4 is 5.32 Å². The van der Waals surface area contributed by atoms with Crippen molar-refractivity contribution in [3.05, 3.63) is 0 Å². The van der Waals surface area contributed by atoms with Gasteiger partial charge in [0.1, 0.15) is 0 Å². The number of nitrogens with zero attached hydrogens (tertiary/aromatic N) is 1. The van der Waals surface area contributed by atoms with Crippen molar-refractivity contribution >= 4 is 11.9 Å². The number of hydrogen-bond acceptors (Lipinski definition) is 4. The third-order valence-electron chi connectivity index (χ3n) is 4.54. The van der Waals surface area contributed by atoms with Gasteiger partial charge in [-0.05, 0) is 31.2 Å². The van der Waals surface area contributed by atoms with Gasteiger partial charge in [-0.1, -0.05) is 33.6 Å². The second-order valence-electron chi connectivity index (χ2n) is 6.23. The van der Waals surface area contributed by atoms with Crippen molar-refractivity contribution in [3.8, 4) is 0 Å². The molecule has 0 spiro atoms. The number of ether oxygens (including phenoxy) is 1. The molecule has 5 nitrogen and oxygen atoms in total. The Bertz CT molecular complexity index is 346. The van der Waals surface area contributed by atoms with Gasteiger partial charge in [-0.25, -0.2) is 0 Å². The minimum Gasteiger partial charge on any atom is -0.468 e. The van der Waals surface area contributed by atoms with E-state index in [9.17, 15) is 9.59 Å². The van der Waals surface area contributed by atoms with Gasteiger partial charge in [0.25, 0.3) is 0 Å². The maximum absolute atomic E-state index is 12.2. The van der Waals surface area contributed by atoms with Crippen LogP contribution in [0.15, 0.2) is 0 Å². The summed E-state index contributed by atoms with van der Waals surface area (Å²) in [6, 6.07) is 0.267. The first-order valence-electron chi connectivity index (χ1n) is 8.06. The Labute approximate surface area is 128 Å². The molecule has 1 fully saturated rings. The van der Waals surface area contributed by atoms with Crippen molar-refractivity contribution in [3.63, 3.8) is 0 Å². The van der Waals surface area contributed by atoms with Gasteiger partial charge in [0.2, 0.25) is 5.91 Å². The summed E-state index contributed by atoms with van der Waals surface area (Å²) in [7, 11) is 1.37. The molecule has 0 aliphatic heterocycles. The number of nitrogens with one attached hydrogen (secondary N) is 1. The van der Waals surface area contributed by atoms with Crippen LogP contribution in [0.3, 0.4) is 0 Å². The Balaban J connectivity index is 2.47. The van der Waals surface area contributed by atoms with Crippen LogP contribution >= 0.6 is 0 Å². The lowest BCUT2D eigenvalue weighted by atomic mass is 9.78. The zero-order chi connectivity index (χ0) is 15.8. The van der Waals surface area contributed by atoms with E-state index < -0.39 is 0 Å². The van der Waals surface area contributed by atoms with E-state index in [0.29, 0.717) is 11.8 Å². The first-order valence-corrected chi connectivity index (χ1v) is 8.06. The van der Waals surface area contributed by atoms with Crippen molar-refractivity contribution in [2.24, 2.45) is 11.8 Å². The predicted octanol–water partition coefficient (Wildman–Crippen LogP) is 1.81. The second-order valence-corrected chi connectivity index (χ2v) is 6.23. The van der Waals surface area contributed by atoms with Gasteiger partial charge in [-0.2, -0.15) is 0 Å². The highest BCUT2D eigenvalue weighted by Gasteiger charge is 2.28. The molecular formula is C16H30N2O3. The third kappa shape index (κ3) is 6.04. The Hall–Kier alpha value is -1.10. The molecule has 0 radical (unpaired) electrons. The van der Waals surface area contributed by atoms with E-state index in [4.69, 9.17) is 0 Å². The van der Waals surface area contributed by atoms with Gasteiger partial charge < -0.3 is 10.1 Å². The van der Waals surface area contributed by atoms with E-state index in [-0.39, 0.29) is 31.0 Å². The molecule has 21 heavy (non-hydrogen) atoms. The number of rotatable bonds is 7. The lowest BCUT2D eigenvalue weighted by Crippen LogP contribution is -2.48. The maximum atomic E-state index is 12.2. The number of carbonyl (C=O) groups excluding carboxylic acids is 2. The fraction of sp³-hybridized carbons (Fsp3) is 0.875. The average Bonchev–Trinajstić information content (AvgIpc) is 2.44. The summed E-state index contributed by atoms with van der Waals surface area (Å²) in [4.78, 5) is 25.4. The van der Waals surface area contributed by atoms with Crippen molar-refractivity contribution in [1.29, 1.82) is 0 Å². The number of esters is 1. The minimum atomic E-state index is -0.295. The van der Waals surface area contributed by atoms with Crippen LogP contribution in [0.4, 0.5) is 0 Å². The lowest BCUT2D eigenvalue weighted by Gasteiger charge is -2.35. The molecule has 1 amide bonds. The summed E-state index contributed by atoms with van der Waals surface area (Å²) in [6.07, 6.45) is 4.39. The van der Waals surface area contributed by atoms with Crippen LogP contribution in [-0.4, -0.2) is 49.6 Å². The van der Waals surface area contributed by atoms with E-state index in [2.05, 4.69) is 23.9 Å². The largest absolute Gasteiger partial charge is 0.468 e. The van der Waals surface area contributed by atoms with Crippen LogP contribution in [0, 0.1) is 11.8 Å². The number of hydrogen-bond donors (Lipinski definition) is 1. The Morgan fingerprint density at radius 3 is 2.57 bits per heavy atom. The zero-order valence-electron chi connectivity index (χ0n) is 13.9. The number of amides is 1. The molecular weight excluding hydrogens is 268 g/mol. The summed E-state index contributed by atoms with van der Waals surface area (Å²) in [5, 5.41) is 3.15. The molecule has 3 atom stereocenters. The van der Waals surface area contributed by atoms with Gasteiger partial charge in [0, 0.05) is 6.04 Å². The standard InChI is InChI=1S/C16H30N2O3/c1-5-9-18(11-16(20)21-4)10-15(19)17-14-8-6-7-12(2)13(14)3/h12-14H,5-11H2,1-4H3,(H,17,19). The van der Waals surface area contributed by atoms with E-state index in [0.717, 1.165) is 19.4 Å². The van der Waals surface area contributed by atoms with Crippen LogP contribution in [0.1, 0.15) is 46.5 Å². The molecule has 0 aromatic rings. The van der Waals surface area contributed by atoms with Crippen LogP contribution in [0.5, 0.6) is 0 Å². The van der Waals surface area contributed by atoms with Gasteiger partial charge >= 0.3 is 5.97 Å². The van der Waals surface area contributed by atoms with Crippen LogP contribution in [0.2, 0.25) is 0 Å². The van der Waals surface area contributed by atoms with E-state index in [1.165, 1.54) is 20.0 Å². The molecule has 1 rings (SSSR count). The molecule has 1 saturated carbocycles. The first kappa shape index (κ1) is 18.0. The molecule has 0 heterocycles. The van der Waals surface area contributed by atoms with Crippen LogP contribution in [-0.2, 0) is 14.3 Å². The molecule has 0 saturated heterocycles. The van der Waals surface area contributed by atoms with Gasteiger partial charge in [0.15, 0.2) is 0 Å². The zero-order valence-corrected chi connectivity index (χ0v) is 13.9. The van der Waals surface area contributed by atoms with Gasteiger partial charge in [0.05, 0.1) is 20.2 Å². The highest BCUT2D eigenvalue weighted by Crippen LogP contribution is 2.29. The normalized spacial score (nSPS) is 25.7. The molecule has 3 unspecified atom stereocenters. The average molecular weight is 298 g/mol. The Kier molecular flexibility index (Phi) is 7.72. The second kappa shape index (κ2) is 9.03. The Morgan fingerprint density at radius 2 is 1.95 bits per heavy atom. The van der Waals surface area contributed by atoms with Crippen molar-refractivity contribution in [2.75, 3.05) is 26.7 Å². The molecule has 5 heteroatoms. The highest BCUT2D eigenvalue weighted by atomic mass is 16.5. The summed E-state index contributed by atoms with van der Waals surface area (Å²) >= 11 is 0. The van der Waals surface area contributed by atoms with Gasteiger partial charge in [-0.3, -0.25) is 14.5 Å². The smallest absolute Gasteiger partial charge is 0.319 e. The van der Waals surface area contributed by atoms with Crippen molar-refractivity contribution in [1.82, 2.24) is 10.2 Å². The molecule has 1 aliphatic rings.